The van der Waals surface area contributed by atoms with E-state index in [9.17, 15) is 4.79 Å². The average Bonchev–Trinajstić information content (AvgIpc) is 3.10. The third-order valence-corrected chi connectivity index (χ3v) is 6.19. The number of amides is 1. The standard InChI is InChI=1S/C15H21N3O2S.ClH/c19-13(15-5-2-1-3-10(15)7-16-9-15)18-14-17-11-4-6-20-8-12(11)21-14;/h10,16H,1-9H2,(H,17,18,19);1H/t10-,15+;/m0./s1. The minimum atomic E-state index is -0.207. The van der Waals surface area contributed by atoms with Crippen molar-refractivity contribution in [1.29, 1.82) is 0 Å². The lowest BCUT2D eigenvalue weighted by Gasteiger charge is -2.36. The van der Waals surface area contributed by atoms with E-state index in [4.69, 9.17) is 4.74 Å². The maximum atomic E-state index is 12.9. The Hall–Kier alpha value is -0.690. The van der Waals surface area contributed by atoms with Gasteiger partial charge in [0.25, 0.3) is 0 Å². The fourth-order valence-electron chi connectivity index (χ4n) is 3.99. The molecule has 7 heteroatoms. The number of fused-ring (bicyclic) bond motifs is 2. The quantitative estimate of drug-likeness (QED) is 0.865. The van der Waals surface area contributed by atoms with E-state index in [1.807, 2.05) is 0 Å². The Balaban J connectivity index is 0.00000144. The summed E-state index contributed by atoms with van der Waals surface area (Å²) in [6, 6.07) is 0. The summed E-state index contributed by atoms with van der Waals surface area (Å²) >= 11 is 1.57. The maximum Gasteiger partial charge on any atom is 0.233 e. The van der Waals surface area contributed by atoms with Gasteiger partial charge in [-0.1, -0.05) is 24.2 Å². The normalized spacial score (nSPS) is 30.1. The lowest BCUT2D eigenvalue weighted by molar-refractivity contribution is -0.128. The highest BCUT2D eigenvalue weighted by molar-refractivity contribution is 7.15. The molecule has 2 aliphatic heterocycles. The summed E-state index contributed by atoms with van der Waals surface area (Å²) in [4.78, 5) is 18.6. The number of thiazole rings is 1. The van der Waals surface area contributed by atoms with Gasteiger partial charge in [-0.2, -0.15) is 0 Å². The molecule has 3 aliphatic rings. The van der Waals surface area contributed by atoms with E-state index in [1.54, 1.807) is 11.3 Å². The first-order chi connectivity index (χ1) is 10.3. The van der Waals surface area contributed by atoms with Crippen LogP contribution in [0.3, 0.4) is 0 Å². The van der Waals surface area contributed by atoms with E-state index >= 15 is 0 Å². The average molecular weight is 344 g/mol. The van der Waals surface area contributed by atoms with Gasteiger partial charge in [-0.25, -0.2) is 4.98 Å². The highest BCUT2D eigenvalue weighted by Gasteiger charge is 2.50. The van der Waals surface area contributed by atoms with Gasteiger partial charge in [0.1, 0.15) is 0 Å². The molecule has 3 heterocycles. The summed E-state index contributed by atoms with van der Waals surface area (Å²) in [6.45, 7) is 3.17. The molecule has 4 rings (SSSR count). The minimum absolute atomic E-state index is 0. The Morgan fingerprint density at radius 1 is 1.45 bits per heavy atom. The van der Waals surface area contributed by atoms with Gasteiger partial charge in [0, 0.05) is 13.0 Å². The van der Waals surface area contributed by atoms with Crippen LogP contribution in [0.2, 0.25) is 0 Å². The SMILES string of the molecule is Cl.O=C(Nc1nc2c(s1)COCC2)[C@@]12CCCC[C@H]1CNC2. The Kier molecular flexibility index (Phi) is 4.73. The van der Waals surface area contributed by atoms with Crippen LogP contribution in [0.25, 0.3) is 0 Å². The molecule has 5 nitrogen and oxygen atoms in total. The van der Waals surface area contributed by atoms with Crippen molar-refractivity contribution in [2.45, 2.75) is 38.7 Å². The number of aromatic nitrogens is 1. The molecule has 2 atom stereocenters. The van der Waals surface area contributed by atoms with Crippen molar-refractivity contribution in [1.82, 2.24) is 10.3 Å². The molecule has 1 saturated heterocycles. The number of rotatable bonds is 2. The third-order valence-electron chi connectivity index (χ3n) is 5.21. The molecule has 1 aliphatic carbocycles. The van der Waals surface area contributed by atoms with Crippen LogP contribution in [0.1, 0.15) is 36.3 Å². The lowest BCUT2D eigenvalue weighted by Crippen LogP contribution is -2.44. The van der Waals surface area contributed by atoms with Crippen LogP contribution < -0.4 is 10.6 Å². The summed E-state index contributed by atoms with van der Waals surface area (Å²) in [5, 5.41) is 7.28. The zero-order valence-electron chi connectivity index (χ0n) is 12.5. The number of halogens is 1. The number of hydrogen-bond acceptors (Lipinski definition) is 5. The zero-order valence-corrected chi connectivity index (χ0v) is 14.2. The summed E-state index contributed by atoms with van der Waals surface area (Å²) < 4.78 is 5.45. The molecule has 122 valence electrons. The molecule has 2 fully saturated rings. The Bertz CT molecular complexity index is 541. The molecule has 22 heavy (non-hydrogen) atoms. The molecular formula is C15H22ClN3O2S. The predicted octanol–water partition coefficient (Wildman–Crippen LogP) is 2.36. The van der Waals surface area contributed by atoms with Crippen LogP contribution >= 0.6 is 23.7 Å². The summed E-state index contributed by atoms with van der Waals surface area (Å²) in [5.41, 5.74) is 0.893. The lowest BCUT2D eigenvalue weighted by atomic mass is 9.68. The van der Waals surface area contributed by atoms with E-state index in [2.05, 4.69) is 15.6 Å². The van der Waals surface area contributed by atoms with Crippen LogP contribution in [-0.4, -0.2) is 30.6 Å². The van der Waals surface area contributed by atoms with E-state index in [-0.39, 0.29) is 23.7 Å². The monoisotopic (exact) mass is 343 g/mol. The van der Waals surface area contributed by atoms with Gasteiger partial charge in [-0.05, 0) is 25.3 Å². The van der Waals surface area contributed by atoms with Gasteiger partial charge in [-0.3, -0.25) is 4.79 Å². The second kappa shape index (κ2) is 6.43. The van der Waals surface area contributed by atoms with Crippen LogP contribution in [0.5, 0.6) is 0 Å². The van der Waals surface area contributed by atoms with Crippen LogP contribution in [0.4, 0.5) is 5.13 Å². The first kappa shape index (κ1) is 16.2. The van der Waals surface area contributed by atoms with Gasteiger partial charge >= 0.3 is 0 Å². The van der Waals surface area contributed by atoms with Gasteiger partial charge in [0.15, 0.2) is 5.13 Å². The van der Waals surface area contributed by atoms with Gasteiger partial charge in [0.2, 0.25) is 5.91 Å². The second-order valence-electron chi connectivity index (χ2n) is 6.38. The summed E-state index contributed by atoms with van der Waals surface area (Å²) in [6.07, 6.45) is 5.45. The minimum Gasteiger partial charge on any atom is -0.375 e. The molecule has 1 saturated carbocycles. The van der Waals surface area contributed by atoms with Crippen molar-refractivity contribution in [2.75, 3.05) is 25.0 Å². The maximum absolute atomic E-state index is 12.9. The first-order valence-corrected chi connectivity index (χ1v) is 8.68. The number of carbonyl (C=O) groups is 1. The van der Waals surface area contributed by atoms with Gasteiger partial charge in [0.05, 0.1) is 29.2 Å². The predicted molar refractivity (Wildman–Crippen MR) is 88.6 cm³/mol. The molecule has 1 aromatic rings. The number of carbonyl (C=O) groups excluding carboxylic acids is 1. The van der Waals surface area contributed by atoms with E-state index in [0.29, 0.717) is 12.5 Å². The van der Waals surface area contributed by atoms with E-state index in [1.165, 1.54) is 17.7 Å². The molecule has 2 N–H and O–H groups in total. The van der Waals surface area contributed by atoms with Gasteiger partial charge < -0.3 is 15.4 Å². The van der Waals surface area contributed by atoms with Crippen LogP contribution in [0.15, 0.2) is 0 Å². The highest BCUT2D eigenvalue weighted by Crippen LogP contribution is 2.44. The van der Waals surface area contributed by atoms with Crippen molar-refractivity contribution >= 4 is 34.8 Å². The van der Waals surface area contributed by atoms with Crippen LogP contribution in [0, 0.1) is 11.3 Å². The summed E-state index contributed by atoms with van der Waals surface area (Å²) in [7, 11) is 0. The van der Waals surface area contributed by atoms with Gasteiger partial charge in [-0.15, -0.1) is 12.4 Å². The molecule has 1 aromatic heterocycles. The zero-order chi connectivity index (χ0) is 14.3. The number of anilines is 1. The molecular weight excluding hydrogens is 322 g/mol. The second-order valence-corrected chi connectivity index (χ2v) is 7.46. The summed E-state index contributed by atoms with van der Waals surface area (Å²) in [5.74, 6) is 0.661. The van der Waals surface area contributed by atoms with E-state index < -0.39 is 0 Å². The largest absolute Gasteiger partial charge is 0.375 e. The number of nitrogens with zero attached hydrogens (tertiary/aromatic N) is 1. The first-order valence-electron chi connectivity index (χ1n) is 7.86. The molecule has 0 spiro atoms. The van der Waals surface area contributed by atoms with Crippen molar-refractivity contribution in [3.05, 3.63) is 10.6 Å². The Morgan fingerprint density at radius 2 is 2.36 bits per heavy atom. The number of nitrogens with one attached hydrogen (secondary N) is 2. The topological polar surface area (TPSA) is 63.2 Å². The Labute approximate surface area is 140 Å². The molecule has 0 unspecified atom stereocenters. The smallest absolute Gasteiger partial charge is 0.233 e. The van der Waals surface area contributed by atoms with Crippen molar-refractivity contribution < 1.29 is 9.53 Å². The molecule has 0 bridgehead atoms. The van der Waals surface area contributed by atoms with E-state index in [0.717, 1.165) is 49.8 Å². The van der Waals surface area contributed by atoms with Crippen LogP contribution in [-0.2, 0) is 22.6 Å². The van der Waals surface area contributed by atoms with Crippen molar-refractivity contribution in [3.8, 4) is 0 Å². The number of hydrogen-bond donors (Lipinski definition) is 2. The van der Waals surface area contributed by atoms with Crippen molar-refractivity contribution in [3.63, 3.8) is 0 Å². The molecule has 0 aromatic carbocycles. The fourth-order valence-corrected chi connectivity index (χ4v) is 4.93. The Morgan fingerprint density at radius 3 is 3.23 bits per heavy atom. The molecule has 1 amide bonds. The third kappa shape index (κ3) is 2.66. The fraction of sp³-hybridized carbons (Fsp3) is 0.733. The number of ether oxygens (including phenoxy) is 1. The highest BCUT2D eigenvalue weighted by atomic mass is 35.5. The van der Waals surface area contributed by atoms with Crippen molar-refractivity contribution in [2.24, 2.45) is 11.3 Å². The molecule has 0 radical (unpaired) electrons.